The van der Waals surface area contributed by atoms with Gasteiger partial charge in [0.2, 0.25) is 0 Å². The molecular weight excluding hydrogens is 334 g/mol. The number of amides is 1. The molecule has 3 aromatic heterocycles. The Hall–Kier alpha value is -3.00. The summed E-state index contributed by atoms with van der Waals surface area (Å²) in [5, 5.41) is 11.2. The molecule has 4 aromatic rings. The molecule has 0 aliphatic heterocycles. The standard InChI is InChI=1S/C16H10F2N4OS/c17-9-3-8(4-10(18)5-9)12-7-15(22-21-12)20-16(23)13-6-14-11(19-13)1-2-24-14/h1-7,19H,(H2,20,21,22,23). The minimum absolute atomic E-state index is 0.262. The first kappa shape index (κ1) is 14.6. The van der Waals surface area contributed by atoms with E-state index in [1.54, 1.807) is 6.07 Å². The zero-order valence-electron chi connectivity index (χ0n) is 12.1. The Labute approximate surface area is 138 Å². The van der Waals surface area contributed by atoms with Crippen LogP contribution in [0.1, 0.15) is 10.5 Å². The van der Waals surface area contributed by atoms with Gasteiger partial charge in [0.1, 0.15) is 17.3 Å². The molecule has 0 spiro atoms. The highest BCUT2D eigenvalue weighted by molar-refractivity contribution is 7.17. The Kier molecular flexibility index (Phi) is 3.39. The number of anilines is 1. The Morgan fingerprint density at radius 1 is 1.12 bits per heavy atom. The summed E-state index contributed by atoms with van der Waals surface area (Å²) in [6, 6.07) is 8.31. The monoisotopic (exact) mass is 344 g/mol. The molecule has 1 amide bonds. The van der Waals surface area contributed by atoms with Crippen molar-refractivity contribution in [1.29, 1.82) is 0 Å². The Bertz CT molecular complexity index is 1000. The molecule has 0 atom stereocenters. The second-order valence-corrected chi connectivity index (χ2v) is 6.11. The maximum atomic E-state index is 13.3. The van der Waals surface area contributed by atoms with Crippen LogP contribution in [0.15, 0.2) is 41.8 Å². The molecule has 5 nitrogen and oxygen atoms in total. The average Bonchev–Trinajstić information content (AvgIpc) is 3.21. The third kappa shape index (κ3) is 2.67. The molecular formula is C16H10F2N4OS. The van der Waals surface area contributed by atoms with Crippen molar-refractivity contribution < 1.29 is 13.6 Å². The van der Waals surface area contributed by atoms with Crippen LogP contribution in [0, 0.1) is 11.6 Å². The van der Waals surface area contributed by atoms with Crippen molar-refractivity contribution in [3.8, 4) is 11.3 Å². The van der Waals surface area contributed by atoms with Crippen molar-refractivity contribution in [2.75, 3.05) is 5.32 Å². The summed E-state index contributed by atoms with van der Waals surface area (Å²) < 4.78 is 27.5. The molecule has 24 heavy (non-hydrogen) atoms. The van der Waals surface area contributed by atoms with Gasteiger partial charge >= 0.3 is 0 Å². The van der Waals surface area contributed by atoms with E-state index in [0.717, 1.165) is 16.3 Å². The average molecular weight is 344 g/mol. The first-order valence-electron chi connectivity index (χ1n) is 6.98. The number of fused-ring (bicyclic) bond motifs is 1. The molecule has 0 aliphatic carbocycles. The quantitative estimate of drug-likeness (QED) is 0.522. The molecule has 0 aliphatic rings. The van der Waals surface area contributed by atoms with Crippen molar-refractivity contribution in [3.63, 3.8) is 0 Å². The summed E-state index contributed by atoms with van der Waals surface area (Å²) in [5.74, 6) is -1.45. The minimum atomic E-state index is -0.684. The summed E-state index contributed by atoms with van der Waals surface area (Å²) >= 11 is 1.53. The van der Waals surface area contributed by atoms with Gasteiger partial charge in [-0.1, -0.05) is 0 Å². The Morgan fingerprint density at radius 2 is 1.92 bits per heavy atom. The van der Waals surface area contributed by atoms with E-state index in [9.17, 15) is 13.6 Å². The van der Waals surface area contributed by atoms with Crippen molar-refractivity contribution in [3.05, 3.63) is 59.1 Å². The lowest BCUT2D eigenvalue weighted by Gasteiger charge is -1.99. The largest absolute Gasteiger partial charge is 0.350 e. The third-order valence-electron chi connectivity index (χ3n) is 3.48. The van der Waals surface area contributed by atoms with Crippen molar-refractivity contribution in [2.24, 2.45) is 0 Å². The lowest BCUT2D eigenvalue weighted by Crippen LogP contribution is -2.12. The molecule has 0 radical (unpaired) electrons. The van der Waals surface area contributed by atoms with E-state index >= 15 is 0 Å². The molecule has 4 rings (SSSR count). The fourth-order valence-corrected chi connectivity index (χ4v) is 3.18. The summed E-state index contributed by atoms with van der Waals surface area (Å²) in [4.78, 5) is 15.2. The molecule has 8 heteroatoms. The van der Waals surface area contributed by atoms with Crippen LogP contribution in [0.5, 0.6) is 0 Å². The zero-order chi connectivity index (χ0) is 16.7. The van der Waals surface area contributed by atoms with Crippen LogP contribution in [0.25, 0.3) is 21.5 Å². The van der Waals surface area contributed by atoms with Gasteiger partial charge in [-0.05, 0) is 29.6 Å². The van der Waals surface area contributed by atoms with E-state index < -0.39 is 11.6 Å². The second kappa shape index (κ2) is 5.57. The Balaban J connectivity index is 1.56. The summed E-state index contributed by atoms with van der Waals surface area (Å²) in [6.45, 7) is 0. The smallest absolute Gasteiger partial charge is 0.273 e. The highest BCUT2D eigenvalue weighted by Crippen LogP contribution is 2.24. The van der Waals surface area contributed by atoms with E-state index in [2.05, 4.69) is 20.5 Å². The second-order valence-electron chi connectivity index (χ2n) is 5.16. The van der Waals surface area contributed by atoms with Gasteiger partial charge in [0.15, 0.2) is 5.82 Å². The molecule has 3 N–H and O–H groups in total. The molecule has 0 saturated carbocycles. The minimum Gasteiger partial charge on any atom is -0.350 e. The van der Waals surface area contributed by atoms with Crippen molar-refractivity contribution in [1.82, 2.24) is 15.2 Å². The topological polar surface area (TPSA) is 73.6 Å². The third-order valence-corrected chi connectivity index (χ3v) is 4.34. The number of hydrogen-bond acceptors (Lipinski definition) is 3. The van der Waals surface area contributed by atoms with Crippen molar-refractivity contribution >= 4 is 33.3 Å². The number of thiophene rings is 1. The lowest BCUT2D eigenvalue weighted by molar-refractivity contribution is 0.102. The number of rotatable bonds is 3. The van der Waals surface area contributed by atoms with Gasteiger partial charge in [-0.2, -0.15) is 5.10 Å². The summed E-state index contributed by atoms with van der Waals surface area (Å²) in [7, 11) is 0. The van der Waals surface area contributed by atoms with Gasteiger partial charge in [-0.3, -0.25) is 9.89 Å². The fourth-order valence-electron chi connectivity index (χ4n) is 2.40. The Morgan fingerprint density at radius 3 is 2.67 bits per heavy atom. The predicted molar refractivity (Wildman–Crippen MR) is 88.1 cm³/mol. The fraction of sp³-hybridized carbons (Fsp3) is 0. The number of benzene rings is 1. The van der Waals surface area contributed by atoms with Crippen LogP contribution in [0.3, 0.4) is 0 Å². The number of hydrogen-bond donors (Lipinski definition) is 3. The number of nitrogens with zero attached hydrogens (tertiary/aromatic N) is 1. The highest BCUT2D eigenvalue weighted by atomic mass is 32.1. The van der Waals surface area contributed by atoms with Crippen molar-refractivity contribution in [2.45, 2.75) is 0 Å². The zero-order valence-corrected chi connectivity index (χ0v) is 12.9. The van der Waals surface area contributed by atoms with Gasteiger partial charge in [0.25, 0.3) is 5.91 Å². The highest BCUT2D eigenvalue weighted by Gasteiger charge is 2.13. The van der Waals surface area contributed by atoms with Gasteiger partial charge < -0.3 is 10.3 Å². The summed E-state index contributed by atoms with van der Waals surface area (Å²) in [5.41, 5.74) is 2.01. The van der Waals surface area contributed by atoms with Gasteiger partial charge in [0, 0.05) is 17.7 Å². The van der Waals surface area contributed by atoms with Crippen LogP contribution >= 0.6 is 11.3 Å². The SMILES string of the molecule is O=C(Nc1cc(-c2cc(F)cc(F)c2)[nH]n1)c1cc2sccc2[nH]1. The maximum absolute atomic E-state index is 13.3. The van der Waals surface area contributed by atoms with Crippen LogP contribution in [-0.2, 0) is 0 Å². The number of carbonyl (C=O) groups is 1. The molecule has 3 heterocycles. The van der Waals surface area contributed by atoms with Gasteiger partial charge in [-0.25, -0.2) is 8.78 Å². The van der Waals surface area contributed by atoms with Gasteiger partial charge in [-0.15, -0.1) is 11.3 Å². The number of nitrogens with one attached hydrogen (secondary N) is 3. The summed E-state index contributed by atoms with van der Waals surface area (Å²) in [6.07, 6.45) is 0. The van der Waals surface area contributed by atoms with Crippen LogP contribution in [0.4, 0.5) is 14.6 Å². The first-order chi connectivity index (χ1) is 11.6. The van der Waals surface area contributed by atoms with E-state index in [1.165, 1.54) is 29.5 Å². The van der Waals surface area contributed by atoms with E-state index in [-0.39, 0.29) is 11.7 Å². The van der Waals surface area contributed by atoms with E-state index in [4.69, 9.17) is 0 Å². The molecule has 1 aromatic carbocycles. The maximum Gasteiger partial charge on any atom is 0.273 e. The number of aromatic amines is 2. The number of halogens is 2. The van der Waals surface area contributed by atoms with E-state index in [1.807, 2.05) is 11.4 Å². The first-order valence-corrected chi connectivity index (χ1v) is 7.86. The van der Waals surface area contributed by atoms with E-state index in [0.29, 0.717) is 17.0 Å². The number of H-pyrrole nitrogens is 2. The van der Waals surface area contributed by atoms with Gasteiger partial charge in [0.05, 0.1) is 15.9 Å². The predicted octanol–water partition coefficient (Wildman–Crippen LogP) is 4.15. The molecule has 0 fully saturated rings. The lowest BCUT2D eigenvalue weighted by atomic mass is 10.1. The molecule has 0 saturated heterocycles. The number of carbonyl (C=O) groups excluding carboxylic acids is 1. The molecule has 0 unspecified atom stereocenters. The van der Waals surface area contributed by atoms with Crippen LogP contribution in [0.2, 0.25) is 0 Å². The van der Waals surface area contributed by atoms with Crippen LogP contribution < -0.4 is 5.32 Å². The molecule has 0 bridgehead atoms. The normalized spacial score (nSPS) is 11.1. The number of aromatic nitrogens is 3. The molecule has 120 valence electrons. The van der Waals surface area contributed by atoms with Crippen LogP contribution in [-0.4, -0.2) is 21.1 Å².